The molecule has 0 aliphatic rings. The van der Waals surface area contributed by atoms with Crippen molar-refractivity contribution in [1.29, 1.82) is 0 Å². The molecule has 1 aromatic heterocycles. The molecule has 0 aliphatic heterocycles. The van der Waals surface area contributed by atoms with Gasteiger partial charge >= 0.3 is 5.97 Å². The van der Waals surface area contributed by atoms with Crippen molar-refractivity contribution in [2.75, 3.05) is 7.11 Å². The summed E-state index contributed by atoms with van der Waals surface area (Å²) in [5, 5.41) is 10.6. The predicted molar refractivity (Wildman–Crippen MR) is 68.8 cm³/mol. The van der Waals surface area contributed by atoms with Crippen LogP contribution in [0.25, 0.3) is 11.3 Å². The maximum atomic E-state index is 10.7. The van der Waals surface area contributed by atoms with Gasteiger partial charge in [-0.05, 0) is 34.1 Å². The van der Waals surface area contributed by atoms with Crippen LogP contribution in [0.3, 0.4) is 0 Å². The van der Waals surface area contributed by atoms with Gasteiger partial charge in [0, 0.05) is 10.9 Å². The molecular weight excluding hydrogens is 306 g/mol. The summed E-state index contributed by atoms with van der Waals surface area (Å²) in [7, 11) is 1.59. The van der Waals surface area contributed by atoms with Crippen LogP contribution in [0.5, 0.6) is 5.75 Å². The maximum Gasteiger partial charge on any atom is 0.365 e. The molecule has 1 N–H and O–H groups in total. The van der Waals surface area contributed by atoms with Crippen molar-refractivity contribution in [3.63, 3.8) is 0 Å². The Labute approximate surface area is 110 Å². The molecule has 0 saturated carbocycles. The van der Waals surface area contributed by atoms with Crippen LogP contribution < -0.4 is 4.74 Å². The standard InChI is InChI=1S/C11H8BrNO3S/c1-16-9-3-2-6(4-7(9)12)8-5-17-10(13-8)11(14)15/h2-5H,1H3,(H,14,15). The van der Waals surface area contributed by atoms with E-state index in [1.54, 1.807) is 18.6 Å². The van der Waals surface area contributed by atoms with Crippen molar-refractivity contribution >= 4 is 33.2 Å². The fraction of sp³-hybridized carbons (Fsp3) is 0.0909. The number of thiazole rings is 1. The number of nitrogens with zero attached hydrogens (tertiary/aromatic N) is 1. The van der Waals surface area contributed by atoms with Crippen LogP contribution in [0, 0.1) is 0 Å². The number of hydrogen-bond acceptors (Lipinski definition) is 4. The van der Waals surface area contributed by atoms with Gasteiger partial charge in [0.05, 0.1) is 17.3 Å². The van der Waals surface area contributed by atoms with Gasteiger partial charge in [-0.25, -0.2) is 9.78 Å². The topological polar surface area (TPSA) is 59.4 Å². The molecule has 0 saturated heterocycles. The van der Waals surface area contributed by atoms with E-state index in [2.05, 4.69) is 20.9 Å². The molecule has 88 valence electrons. The summed E-state index contributed by atoms with van der Waals surface area (Å²) in [6.45, 7) is 0. The van der Waals surface area contributed by atoms with Gasteiger partial charge < -0.3 is 9.84 Å². The van der Waals surface area contributed by atoms with Crippen molar-refractivity contribution in [1.82, 2.24) is 4.98 Å². The Kier molecular flexibility index (Phi) is 3.44. The molecule has 0 radical (unpaired) electrons. The summed E-state index contributed by atoms with van der Waals surface area (Å²) in [5.41, 5.74) is 1.50. The number of benzene rings is 1. The van der Waals surface area contributed by atoms with Gasteiger partial charge in [0.25, 0.3) is 0 Å². The lowest BCUT2D eigenvalue weighted by atomic mass is 10.2. The molecule has 2 rings (SSSR count). The molecule has 0 unspecified atom stereocenters. The van der Waals surface area contributed by atoms with Gasteiger partial charge in [0.15, 0.2) is 0 Å². The molecule has 0 bridgehead atoms. The zero-order valence-corrected chi connectivity index (χ0v) is 11.2. The van der Waals surface area contributed by atoms with Gasteiger partial charge in [-0.15, -0.1) is 11.3 Å². The van der Waals surface area contributed by atoms with E-state index < -0.39 is 5.97 Å². The second kappa shape index (κ2) is 4.85. The lowest BCUT2D eigenvalue weighted by Gasteiger charge is -2.04. The number of aromatic nitrogens is 1. The van der Waals surface area contributed by atoms with Crippen molar-refractivity contribution < 1.29 is 14.6 Å². The SMILES string of the molecule is COc1ccc(-c2csc(C(=O)O)n2)cc1Br. The Hall–Kier alpha value is -1.40. The number of rotatable bonds is 3. The highest BCUT2D eigenvalue weighted by molar-refractivity contribution is 9.10. The second-order valence-electron chi connectivity index (χ2n) is 3.19. The van der Waals surface area contributed by atoms with Crippen LogP contribution in [-0.2, 0) is 0 Å². The van der Waals surface area contributed by atoms with Gasteiger partial charge in [-0.1, -0.05) is 0 Å². The largest absolute Gasteiger partial charge is 0.496 e. The lowest BCUT2D eigenvalue weighted by Crippen LogP contribution is -1.94. The van der Waals surface area contributed by atoms with Gasteiger partial charge in [0.2, 0.25) is 5.01 Å². The highest BCUT2D eigenvalue weighted by Crippen LogP contribution is 2.30. The summed E-state index contributed by atoms with van der Waals surface area (Å²) in [4.78, 5) is 14.8. The number of halogens is 1. The number of carboxylic acids is 1. The molecule has 17 heavy (non-hydrogen) atoms. The number of carbonyl (C=O) groups is 1. The van der Waals surface area contributed by atoms with E-state index in [1.807, 2.05) is 12.1 Å². The second-order valence-corrected chi connectivity index (χ2v) is 4.90. The molecule has 1 heterocycles. The fourth-order valence-electron chi connectivity index (χ4n) is 1.33. The van der Waals surface area contributed by atoms with Crippen LogP contribution in [0.2, 0.25) is 0 Å². The van der Waals surface area contributed by atoms with Gasteiger partial charge in [0.1, 0.15) is 5.75 Å². The molecule has 0 amide bonds. The monoisotopic (exact) mass is 313 g/mol. The molecule has 0 fully saturated rings. The Bertz CT molecular complexity index is 568. The zero-order chi connectivity index (χ0) is 12.4. The van der Waals surface area contributed by atoms with Gasteiger partial charge in [-0.3, -0.25) is 0 Å². The minimum absolute atomic E-state index is 0.0898. The number of methoxy groups -OCH3 is 1. The van der Waals surface area contributed by atoms with Crippen LogP contribution >= 0.6 is 27.3 Å². The normalized spacial score (nSPS) is 10.2. The maximum absolute atomic E-state index is 10.7. The van der Waals surface area contributed by atoms with E-state index in [1.165, 1.54) is 0 Å². The smallest absolute Gasteiger partial charge is 0.365 e. The molecule has 0 aliphatic carbocycles. The van der Waals surface area contributed by atoms with Crippen LogP contribution in [-0.4, -0.2) is 23.2 Å². The van der Waals surface area contributed by atoms with Crippen LogP contribution in [0.1, 0.15) is 9.80 Å². The average molecular weight is 314 g/mol. The summed E-state index contributed by atoms with van der Waals surface area (Å²) >= 11 is 4.49. The minimum atomic E-state index is -1.01. The molecule has 2 aromatic rings. The first-order valence-electron chi connectivity index (χ1n) is 4.64. The molecule has 0 spiro atoms. The minimum Gasteiger partial charge on any atom is -0.496 e. The van der Waals surface area contributed by atoms with E-state index >= 15 is 0 Å². The molecule has 6 heteroatoms. The van der Waals surface area contributed by atoms with E-state index in [0.717, 1.165) is 27.1 Å². The highest BCUT2D eigenvalue weighted by atomic mass is 79.9. The molecule has 1 aromatic carbocycles. The number of ether oxygens (including phenoxy) is 1. The molecule has 0 atom stereocenters. The van der Waals surface area contributed by atoms with E-state index in [-0.39, 0.29) is 5.01 Å². The summed E-state index contributed by atoms with van der Waals surface area (Å²) in [6.07, 6.45) is 0. The van der Waals surface area contributed by atoms with Crippen molar-refractivity contribution in [3.05, 3.63) is 33.1 Å². The first-order valence-corrected chi connectivity index (χ1v) is 6.32. The number of hydrogen-bond donors (Lipinski definition) is 1. The van der Waals surface area contributed by atoms with Crippen LogP contribution in [0.4, 0.5) is 0 Å². The summed E-state index contributed by atoms with van der Waals surface area (Å²) < 4.78 is 5.93. The number of aromatic carboxylic acids is 1. The third-order valence-corrected chi connectivity index (χ3v) is 3.58. The molecule has 4 nitrogen and oxygen atoms in total. The molecular formula is C11H8BrNO3S. The Morgan fingerprint density at radius 1 is 1.53 bits per heavy atom. The third kappa shape index (κ3) is 2.48. The fourth-order valence-corrected chi connectivity index (χ4v) is 2.53. The third-order valence-electron chi connectivity index (χ3n) is 2.13. The Morgan fingerprint density at radius 2 is 2.29 bits per heavy atom. The first kappa shape index (κ1) is 12.1. The van der Waals surface area contributed by atoms with Gasteiger partial charge in [-0.2, -0.15) is 0 Å². The quantitative estimate of drug-likeness (QED) is 0.944. The van der Waals surface area contributed by atoms with E-state index in [4.69, 9.17) is 9.84 Å². The Morgan fingerprint density at radius 3 is 2.82 bits per heavy atom. The first-order chi connectivity index (χ1) is 8.11. The van der Waals surface area contributed by atoms with Crippen molar-refractivity contribution in [3.8, 4) is 17.0 Å². The van der Waals surface area contributed by atoms with E-state index in [9.17, 15) is 4.79 Å². The van der Waals surface area contributed by atoms with Crippen LogP contribution in [0.15, 0.2) is 28.1 Å². The zero-order valence-electron chi connectivity index (χ0n) is 8.81. The summed E-state index contributed by atoms with van der Waals surface area (Å²) in [5.74, 6) is -0.281. The van der Waals surface area contributed by atoms with Crippen molar-refractivity contribution in [2.24, 2.45) is 0 Å². The number of carboxylic acid groups (broad SMARTS) is 1. The lowest BCUT2D eigenvalue weighted by molar-refractivity contribution is 0.0696. The Balaban J connectivity index is 2.39. The highest BCUT2D eigenvalue weighted by Gasteiger charge is 2.11. The summed E-state index contributed by atoms with van der Waals surface area (Å²) in [6, 6.07) is 5.49. The predicted octanol–water partition coefficient (Wildman–Crippen LogP) is 3.28. The average Bonchev–Trinajstić information content (AvgIpc) is 2.78. The van der Waals surface area contributed by atoms with Crippen molar-refractivity contribution in [2.45, 2.75) is 0 Å². The van der Waals surface area contributed by atoms with E-state index in [0.29, 0.717) is 5.69 Å².